The maximum absolute atomic E-state index is 13.1. The Kier molecular flexibility index (Phi) is 6.80. The van der Waals surface area contributed by atoms with Crippen LogP contribution in [0.3, 0.4) is 0 Å². The number of nitrogens with zero attached hydrogens (tertiary/aromatic N) is 1. The molecule has 33 heavy (non-hydrogen) atoms. The quantitative estimate of drug-likeness (QED) is 0.481. The van der Waals surface area contributed by atoms with Gasteiger partial charge in [0.2, 0.25) is 6.79 Å². The summed E-state index contributed by atoms with van der Waals surface area (Å²) in [5, 5.41) is 2.87. The standard InChI is InChI=1S/C24H24N2O5S2/c1-3-26(33(28,29)21-11-9-20(32-2)10-12-21)19-7-5-18(6-8-19)24(27)25-15-17-4-13-22-23(14-17)31-16-30-22/h4-14H,3,15-16H2,1-2H3,(H,25,27). The zero-order valence-electron chi connectivity index (χ0n) is 18.3. The van der Waals surface area contributed by atoms with Gasteiger partial charge in [-0.15, -0.1) is 11.8 Å². The molecule has 1 aliphatic rings. The van der Waals surface area contributed by atoms with Gasteiger partial charge >= 0.3 is 0 Å². The monoisotopic (exact) mass is 484 g/mol. The topological polar surface area (TPSA) is 84.9 Å². The second-order valence-corrected chi connectivity index (χ2v) is 10.0. The molecule has 3 aromatic rings. The molecule has 0 saturated carbocycles. The molecule has 0 atom stereocenters. The third-order valence-corrected chi connectivity index (χ3v) is 7.90. The Morgan fingerprint density at radius 1 is 1.00 bits per heavy atom. The number of rotatable bonds is 8. The summed E-state index contributed by atoms with van der Waals surface area (Å²) in [5.41, 5.74) is 1.83. The predicted molar refractivity (Wildman–Crippen MR) is 129 cm³/mol. The number of thioether (sulfide) groups is 1. The molecular weight excluding hydrogens is 460 g/mol. The van der Waals surface area contributed by atoms with Gasteiger partial charge in [0.05, 0.1) is 10.6 Å². The average molecular weight is 485 g/mol. The molecule has 0 saturated heterocycles. The minimum absolute atomic E-state index is 0.200. The number of anilines is 1. The molecular formula is C24H24N2O5S2. The molecule has 3 aromatic carbocycles. The molecule has 0 radical (unpaired) electrons. The first-order valence-electron chi connectivity index (χ1n) is 10.4. The van der Waals surface area contributed by atoms with E-state index in [0.29, 0.717) is 29.3 Å². The van der Waals surface area contributed by atoms with Crippen LogP contribution in [0.4, 0.5) is 5.69 Å². The van der Waals surface area contributed by atoms with Crippen molar-refractivity contribution in [2.45, 2.75) is 23.3 Å². The Labute approximate surface area is 197 Å². The third-order valence-electron chi connectivity index (χ3n) is 5.24. The largest absolute Gasteiger partial charge is 0.454 e. The van der Waals surface area contributed by atoms with Crippen LogP contribution in [0.25, 0.3) is 0 Å². The van der Waals surface area contributed by atoms with Crippen LogP contribution < -0.4 is 19.1 Å². The van der Waals surface area contributed by atoms with Crippen molar-refractivity contribution in [3.8, 4) is 11.5 Å². The summed E-state index contributed by atoms with van der Waals surface area (Å²) < 4.78 is 38.3. The number of sulfonamides is 1. The average Bonchev–Trinajstić information content (AvgIpc) is 3.31. The summed E-state index contributed by atoms with van der Waals surface area (Å²) in [7, 11) is -3.71. The minimum atomic E-state index is -3.71. The fraction of sp³-hybridized carbons (Fsp3) is 0.208. The summed E-state index contributed by atoms with van der Waals surface area (Å²) >= 11 is 1.55. The molecule has 1 heterocycles. The van der Waals surface area contributed by atoms with Crippen LogP contribution in [0.2, 0.25) is 0 Å². The van der Waals surface area contributed by atoms with E-state index in [1.807, 2.05) is 24.5 Å². The minimum Gasteiger partial charge on any atom is -0.454 e. The van der Waals surface area contributed by atoms with Crippen LogP contribution in [0.5, 0.6) is 11.5 Å². The molecule has 0 spiro atoms. The van der Waals surface area contributed by atoms with Crippen molar-refractivity contribution < 1.29 is 22.7 Å². The van der Waals surface area contributed by atoms with Gasteiger partial charge in [0.25, 0.3) is 15.9 Å². The van der Waals surface area contributed by atoms with Gasteiger partial charge in [0.15, 0.2) is 11.5 Å². The Hall–Kier alpha value is -3.17. The van der Waals surface area contributed by atoms with Crippen molar-refractivity contribution in [1.82, 2.24) is 5.32 Å². The maximum atomic E-state index is 13.1. The normalized spacial score (nSPS) is 12.4. The lowest BCUT2D eigenvalue weighted by atomic mass is 10.1. The van der Waals surface area contributed by atoms with Crippen molar-refractivity contribution in [2.75, 3.05) is 23.9 Å². The highest BCUT2D eigenvalue weighted by atomic mass is 32.2. The summed E-state index contributed by atoms with van der Waals surface area (Å²) in [6, 6.07) is 18.9. The molecule has 1 amide bonds. The van der Waals surface area contributed by atoms with Crippen LogP contribution in [0.1, 0.15) is 22.8 Å². The van der Waals surface area contributed by atoms with Crippen molar-refractivity contribution in [3.05, 3.63) is 77.9 Å². The van der Waals surface area contributed by atoms with Crippen molar-refractivity contribution in [2.24, 2.45) is 0 Å². The van der Waals surface area contributed by atoms with Gasteiger partial charge in [-0.3, -0.25) is 9.10 Å². The number of benzene rings is 3. The van der Waals surface area contributed by atoms with Gasteiger partial charge in [-0.05, 0) is 79.4 Å². The van der Waals surface area contributed by atoms with Crippen molar-refractivity contribution >= 4 is 33.4 Å². The lowest BCUT2D eigenvalue weighted by Crippen LogP contribution is -2.31. The van der Waals surface area contributed by atoms with E-state index >= 15 is 0 Å². The summed E-state index contributed by atoms with van der Waals surface area (Å²) in [5.74, 6) is 1.10. The molecule has 7 nitrogen and oxygen atoms in total. The number of hydrogen-bond acceptors (Lipinski definition) is 6. The highest BCUT2D eigenvalue weighted by Gasteiger charge is 2.24. The van der Waals surface area contributed by atoms with Crippen LogP contribution in [0.15, 0.2) is 76.5 Å². The van der Waals surface area contributed by atoms with E-state index in [1.165, 1.54) is 4.31 Å². The zero-order valence-corrected chi connectivity index (χ0v) is 19.9. The van der Waals surface area contributed by atoms with E-state index in [2.05, 4.69) is 5.32 Å². The number of carbonyl (C=O) groups is 1. The van der Waals surface area contributed by atoms with Gasteiger partial charge in [-0.2, -0.15) is 0 Å². The van der Waals surface area contributed by atoms with E-state index in [9.17, 15) is 13.2 Å². The fourth-order valence-corrected chi connectivity index (χ4v) is 5.36. The van der Waals surface area contributed by atoms with Gasteiger partial charge in [0.1, 0.15) is 0 Å². The molecule has 4 rings (SSSR count). The Bertz CT molecular complexity index is 1240. The van der Waals surface area contributed by atoms with E-state index in [4.69, 9.17) is 9.47 Å². The van der Waals surface area contributed by atoms with Gasteiger partial charge < -0.3 is 14.8 Å². The summed E-state index contributed by atoms with van der Waals surface area (Å²) in [6.07, 6.45) is 1.94. The number of hydrogen-bond donors (Lipinski definition) is 1. The SMILES string of the molecule is CCN(c1ccc(C(=O)NCc2ccc3c(c2)OCO3)cc1)S(=O)(=O)c1ccc(SC)cc1. The molecule has 1 N–H and O–H groups in total. The van der Waals surface area contributed by atoms with Crippen LogP contribution in [0, 0.1) is 0 Å². The van der Waals surface area contributed by atoms with E-state index < -0.39 is 10.0 Å². The summed E-state index contributed by atoms with van der Waals surface area (Å²) in [6.45, 7) is 2.58. The highest BCUT2D eigenvalue weighted by Crippen LogP contribution is 2.32. The molecule has 0 aromatic heterocycles. The first-order valence-corrected chi connectivity index (χ1v) is 13.0. The second kappa shape index (κ2) is 9.76. The van der Waals surface area contributed by atoms with Gasteiger partial charge in [0, 0.05) is 23.5 Å². The van der Waals surface area contributed by atoms with Crippen LogP contribution >= 0.6 is 11.8 Å². The van der Waals surface area contributed by atoms with E-state index in [-0.39, 0.29) is 24.1 Å². The lowest BCUT2D eigenvalue weighted by Gasteiger charge is -2.23. The molecule has 1 aliphatic heterocycles. The Morgan fingerprint density at radius 3 is 2.36 bits per heavy atom. The van der Waals surface area contributed by atoms with E-state index in [0.717, 1.165) is 10.5 Å². The number of fused-ring (bicyclic) bond motifs is 1. The van der Waals surface area contributed by atoms with Crippen molar-refractivity contribution in [3.63, 3.8) is 0 Å². The molecule has 9 heteroatoms. The first kappa shape index (κ1) is 23.0. The molecule has 0 bridgehead atoms. The molecule has 172 valence electrons. The number of carbonyl (C=O) groups excluding carboxylic acids is 1. The molecule has 0 unspecified atom stereocenters. The first-order chi connectivity index (χ1) is 15.9. The number of ether oxygens (including phenoxy) is 2. The van der Waals surface area contributed by atoms with Gasteiger partial charge in [-0.1, -0.05) is 6.07 Å². The fourth-order valence-electron chi connectivity index (χ4n) is 3.48. The van der Waals surface area contributed by atoms with E-state index in [1.54, 1.807) is 67.2 Å². The maximum Gasteiger partial charge on any atom is 0.264 e. The number of amides is 1. The van der Waals surface area contributed by atoms with Crippen LogP contribution in [-0.2, 0) is 16.6 Å². The zero-order chi connectivity index (χ0) is 23.4. The Balaban J connectivity index is 1.45. The van der Waals surface area contributed by atoms with Crippen molar-refractivity contribution in [1.29, 1.82) is 0 Å². The lowest BCUT2D eigenvalue weighted by molar-refractivity contribution is 0.0951. The predicted octanol–water partition coefficient (Wildman–Crippen LogP) is 4.28. The van der Waals surface area contributed by atoms with Gasteiger partial charge in [-0.25, -0.2) is 8.42 Å². The second-order valence-electron chi connectivity index (χ2n) is 7.26. The smallest absolute Gasteiger partial charge is 0.264 e. The Morgan fingerprint density at radius 2 is 1.70 bits per heavy atom. The third kappa shape index (κ3) is 4.94. The molecule has 0 fully saturated rings. The number of nitrogens with one attached hydrogen (secondary N) is 1. The molecule has 0 aliphatic carbocycles. The summed E-state index contributed by atoms with van der Waals surface area (Å²) in [4.78, 5) is 13.8. The van der Waals surface area contributed by atoms with Crippen LogP contribution in [-0.4, -0.2) is 33.9 Å². The highest BCUT2D eigenvalue weighted by molar-refractivity contribution is 7.98.